The minimum absolute atomic E-state index is 0.0788. The smallest absolute Gasteiger partial charge is 0.406 e. The Morgan fingerprint density at radius 1 is 1.29 bits per heavy atom. The van der Waals surface area contributed by atoms with E-state index < -0.39 is 11.9 Å². The van der Waals surface area contributed by atoms with Crippen molar-refractivity contribution in [3.8, 4) is 5.75 Å². The van der Waals surface area contributed by atoms with Gasteiger partial charge in [-0.1, -0.05) is 12.1 Å². The summed E-state index contributed by atoms with van der Waals surface area (Å²) in [5, 5.41) is 0. The molecule has 28 heavy (non-hydrogen) atoms. The van der Waals surface area contributed by atoms with Crippen molar-refractivity contribution < 1.29 is 22.7 Å². The average Bonchev–Trinajstić information content (AvgIpc) is 3.43. The number of Topliss-reactive ketones (excluding diaryl/α,β-unsaturated/α-hetero) is 1. The first kappa shape index (κ1) is 19.9. The van der Waals surface area contributed by atoms with E-state index >= 15 is 0 Å². The maximum atomic E-state index is 12.7. The number of benzene rings is 1. The van der Waals surface area contributed by atoms with Gasteiger partial charge in [0.15, 0.2) is 5.78 Å². The Morgan fingerprint density at radius 2 is 1.93 bits per heavy atom. The maximum absolute atomic E-state index is 12.7. The third-order valence-corrected chi connectivity index (χ3v) is 4.58. The van der Waals surface area contributed by atoms with Gasteiger partial charge in [-0.25, -0.2) is 4.98 Å². The van der Waals surface area contributed by atoms with Crippen LogP contribution in [0.15, 0.2) is 35.1 Å². The lowest BCUT2D eigenvalue weighted by atomic mass is 9.88. The Hall–Kier alpha value is -2.84. The predicted octanol–water partition coefficient (Wildman–Crippen LogP) is 3.50. The molecule has 1 aliphatic rings. The van der Waals surface area contributed by atoms with E-state index in [-0.39, 0.29) is 41.4 Å². The molecule has 150 valence electrons. The fourth-order valence-corrected chi connectivity index (χ4v) is 3.08. The lowest BCUT2D eigenvalue weighted by molar-refractivity contribution is -0.274. The van der Waals surface area contributed by atoms with Gasteiger partial charge in [0, 0.05) is 26.6 Å². The molecule has 1 aromatic carbocycles. The SMILES string of the molecule is CN(C)c1nc(C(=O)C[C@@H](c2ccc(OC(F)(F)F)cc2)C2CC2)cc(=O)[nH]1. The summed E-state index contributed by atoms with van der Waals surface area (Å²) < 4.78 is 40.8. The topological polar surface area (TPSA) is 75.3 Å². The Morgan fingerprint density at radius 3 is 2.46 bits per heavy atom. The van der Waals surface area contributed by atoms with E-state index in [9.17, 15) is 22.8 Å². The number of rotatable bonds is 7. The molecular formula is C19H20F3N3O3. The minimum Gasteiger partial charge on any atom is -0.406 e. The summed E-state index contributed by atoms with van der Waals surface area (Å²) in [7, 11) is 3.40. The van der Waals surface area contributed by atoms with Gasteiger partial charge in [-0.15, -0.1) is 13.2 Å². The highest BCUT2D eigenvalue weighted by Gasteiger charge is 2.35. The van der Waals surface area contributed by atoms with Crippen LogP contribution in [0.3, 0.4) is 0 Å². The van der Waals surface area contributed by atoms with E-state index in [0.29, 0.717) is 0 Å². The molecule has 1 N–H and O–H groups in total. The Bertz CT molecular complexity index is 903. The van der Waals surface area contributed by atoms with Crippen molar-refractivity contribution in [1.29, 1.82) is 0 Å². The van der Waals surface area contributed by atoms with Crippen LogP contribution >= 0.6 is 0 Å². The van der Waals surface area contributed by atoms with Gasteiger partial charge in [0.1, 0.15) is 11.4 Å². The number of ketones is 1. The van der Waals surface area contributed by atoms with Crippen molar-refractivity contribution in [2.75, 3.05) is 19.0 Å². The second kappa shape index (κ2) is 7.65. The summed E-state index contributed by atoms with van der Waals surface area (Å²) in [6, 6.07) is 6.76. The molecule has 0 radical (unpaired) electrons. The average molecular weight is 395 g/mol. The fraction of sp³-hybridized carbons (Fsp3) is 0.421. The molecule has 1 fully saturated rings. The number of aromatic amines is 1. The van der Waals surface area contributed by atoms with E-state index in [0.717, 1.165) is 18.4 Å². The third-order valence-electron chi connectivity index (χ3n) is 4.58. The van der Waals surface area contributed by atoms with E-state index in [1.54, 1.807) is 31.1 Å². The number of alkyl halides is 3. The van der Waals surface area contributed by atoms with Crippen molar-refractivity contribution in [3.63, 3.8) is 0 Å². The van der Waals surface area contributed by atoms with Crippen LogP contribution in [-0.4, -0.2) is 36.2 Å². The summed E-state index contributed by atoms with van der Waals surface area (Å²) >= 11 is 0. The van der Waals surface area contributed by atoms with Gasteiger partial charge in [-0.3, -0.25) is 14.6 Å². The molecule has 1 aromatic heterocycles. The van der Waals surface area contributed by atoms with Crippen LogP contribution in [-0.2, 0) is 0 Å². The van der Waals surface area contributed by atoms with Crippen LogP contribution in [0, 0.1) is 5.92 Å². The van der Waals surface area contributed by atoms with Gasteiger partial charge >= 0.3 is 6.36 Å². The van der Waals surface area contributed by atoms with Crippen molar-refractivity contribution in [2.24, 2.45) is 5.92 Å². The number of halogens is 3. The molecule has 3 rings (SSSR count). The maximum Gasteiger partial charge on any atom is 0.573 e. The van der Waals surface area contributed by atoms with Gasteiger partial charge < -0.3 is 9.64 Å². The quantitative estimate of drug-likeness (QED) is 0.727. The summed E-state index contributed by atoms with van der Waals surface area (Å²) in [4.78, 5) is 32.9. The minimum atomic E-state index is -4.75. The van der Waals surface area contributed by atoms with Crippen LogP contribution < -0.4 is 15.2 Å². The number of nitrogens with one attached hydrogen (secondary N) is 1. The molecule has 0 spiro atoms. The molecule has 0 amide bonds. The van der Waals surface area contributed by atoms with Crippen molar-refractivity contribution in [2.45, 2.75) is 31.5 Å². The highest BCUT2D eigenvalue weighted by atomic mass is 19.4. The molecule has 1 saturated carbocycles. The standard InChI is InChI=1S/C19H20F3N3O3/c1-25(2)18-23-15(10-17(27)24-18)16(26)9-14(11-3-4-11)12-5-7-13(8-6-12)28-19(20,21)22/h5-8,10-11,14H,3-4,9H2,1-2H3,(H,23,24,27)/t14-/m1/s1. The van der Waals surface area contributed by atoms with Gasteiger partial charge in [-0.2, -0.15) is 0 Å². The molecule has 0 bridgehead atoms. The largest absolute Gasteiger partial charge is 0.573 e. The van der Waals surface area contributed by atoms with Crippen molar-refractivity contribution >= 4 is 11.7 Å². The summed E-state index contributed by atoms with van der Waals surface area (Å²) in [5.41, 5.74) is 0.428. The molecule has 0 unspecified atom stereocenters. The Balaban J connectivity index is 1.79. The zero-order chi connectivity index (χ0) is 20.5. The second-order valence-electron chi connectivity index (χ2n) is 7.04. The molecule has 0 aliphatic heterocycles. The van der Waals surface area contributed by atoms with E-state index in [1.165, 1.54) is 18.2 Å². The second-order valence-corrected chi connectivity index (χ2v) is 7.04. The van der Waals surface area contributed by atoms with Crippen molar-refractivity contribution in [1.82, 2.24) is 9.97 Å². The van der Waals surface area contributed by atoms with E-state index in [2.05, 4.69) is 14.7 Å². The van der Waals surface area contributed by atoms with E-state index in [1.807, 2.05) is 0 Å². The van der Waals surface area contributed by atoms with E-state index in [4.69, 9.17) is 0 Å². The number of anilines is 1. The summed E-state index contributed by atoms with van der Waals surface area (Å²) in [6.45, 7) is 0. The van der Waals surface area contributed by atoms with Crippen LogP contribution in [0.5, 0.6) is 5.75 Å². The zero-order valence-electron chi connectivity index (χ0n) is 15.4. The number of hydrogen-bond donors (Lipinski definition) is 1. The molecule has 0 saturated heterocycles. The highest BCUT2D eigenvalue weighted by Crippen LogP contribution is 2.45. The monoisotopic (exact) mass is 395 g/mol. The van der Waals surface area contributed by atoms with Gasteiger partial charge in [0.25, 0.3) is 5.56 Å². The zero-order valence-corrected chi connectivity index (χ0v) is 15.4. The normalized spacial score (nSPS) is 15.2. The predicted molar refractivity (Wildman–Crippen MR) is 96.7 cm³/mol. The number of aromatic nitrogens is 2. The Kier molecular flexibility index (Phi) is 5.44. The fourth-order valence-electron chi connectivity index (χ4n) is 3.08. The number of ether oxygens (including phenoxy) is 1. The summed E-state index contributed by atoms with van der Waals surface area (Å²) in [6.07, 6.45) is -2.72. The van der Waals surface area contributed by atoms with Crippen LogP contribution in [0.2, 0.25) is 0 Å². The van der Waals surface area contributed by atoms with Gasteiger partial charge in [0.05, 0.1) is 0 Å². The number of H-pyrrole nitrogens is 1. The molecule has 9 heteroatoms. The van der Waals surface area contributed by atoms with Crippen LogP contribution in [0.25, 0.3) is 0 Å². The molecule has 1 aliphatic carbocycles. The first-order valence-electron chi connectivity index (χ1n) is 8.80. The van der Waals surface area contributed by atoms with Gasteiger partial charge in [-0.05, 0) is 42.4 Å². The molecule has 1 atom stereocenters. The van der Waals surface area contributed by atoms with Gasteiger partial charge in [0.2, 0.25) is 5.95 Å². The molecular weight excluding hydrogens is 375 g/mol. The molecule has 1 heterocycles. The summed E-state index contributed by atoms with van der Waals surface area (Å²) in [5.74, 6) is -0.150. The lowest BCUT2D eigenvalue weighted by Gasteiger charge is -2.17. The molecule has 2 aromatic rings. The first-order valence-corrected chi connectivity index (χ1v) is 8.80. The first-order chi connectivity index (χ1) is 13.1. The highest BCUT2D eigenvalue weighted by molar-refractivity contribution is 5.95. The lowest BCUT2D eigenvalue weighted by Crippen LogP contribution is -2.21. The number of nitrogens with zero attached hydrogens (tertiary/aromatic N) is 2. The molecule has 6 nitrogen and oxygen atoms in total. The Labute approximate surface area is 159 Å². The third kappa shape index (κ3) is 5.11. The number of carbonyl (C=O) groups excluding carboxylic acids is 1. The van der Waals surface area contributed by atoms with Crippen LogP contribution in [0.1, 0.15) is 41.2 Å². The number of carbonyl (C=O) groups is 1. The van der Waals surface area contributed by atoms with Crippen molar-refractivity contribution in [3.05, 3.63) is 51.9 Å². The number of hydrogen-bond acceptors (Lipinski definition) is 5. The van der Waals surface area contributed by atoms with Crippen LogP contribution in [0.4, 0.5) is 19.1 Å².